The summed E-state index contributed by atoms with van der Waals surface area (Å²) < 4.78 is 0. The van der Waals surface area contributed by atoms with Gasteiger partial charge in [-0.25, -0.2) is 0 Å². The van der Waals surface area contributed by atoms with E-state index in [1.54, 1.807) is 23.4 Å². The number of likely N-dealkylation sites (tertiary alicyclic amines) is 1. The van der Waals surface area contributed by atoms with Crippen LogP contribution in [-0.2, 0) is 6.42 Å². The maximum Gasteiger partial charge on any atom is 0.259 e. The van der Waals surface area contributed by atoms with Crippen LogP contribution in [0.15, 0.2) is 42.7 Å². The number of carbonyl (C=O) groups is 2. The molecule has 4 rings (SSSR count). The number of para-hydroxylation sites is 1. The Labute approximate surface area is 140 Å². The van der Waals surface area contributed by atoms with E-state index in [0.717, 1.165) is 38.0 Å². The summed E-state index contributed by atoms with van der Waals surface area (Å²) in [7, 11) is 0. The molecule has 122 valence electrons. The van der Waals surface area contributed by atoms with Crippen LogP contribution in [0.25, 0.3) is 0 Å². The van der Waals surface area contributed by atoms with Crippen molar-refractivity contribution in [3.63, 3.8) is 0 Å². The fourth-order valence-electron chi connectivity index (χ4n) is 3.48. The van der Waals surface area contributed by atoms with E-state index in [0.29, 0.717) is 17.7 Å². The van der Waals surface area contributed by atoms with Crippen molar-refractivity contribution in [3.05, 3.63) is 59.4 Å². The molecule has 5 heteroatoms. The first kappa shape index (κ1) is 14.9. The van der Waals surface area contributed by atoms with Crippen LogP contribution in [0.4, 0.5) is 5.69 Å². The fourth-order valence-corrected chi connectivity index (χ4v) is 3.48. The van der Waals surface area contributed by atoms with E-state index in [2.05, 4.69) is 4.98 Å². The van der Waals surface area contributed by atoms with Crippen molar-refractivity contribution in [3.8, 4) is 0 Å². The zero-order valence-electron chi connectivity index (χ0n) is 13.4. The number of nitrogens with zero attached hydrogens (tertiary/aromatic N) is 3. The molecular formula is C19H19N3O2. The number of pyridine rings is 1. The third-order valence-electron chi connectivity index (χ3n) is 4.76. The molecule has 2 aliphatic rings. The molecule has 1 aromatic carbocycles. The Hall–Kier alpha value is -2.69. The molecular weight excluding hydrogens is 302 g/mol. The summed E-state index contributed by atoms with van der Waals surface area (Å²) in [5.41, 5.74) is 3.11. The minimum absolute atomic E-state index is 0.0310. The highest BCUT2D eigenvalue weighted by Gasteiger charge is 2.26. The number of aromatic nitrogens is 1. The SMILES string of the molecule is O=C(c1cncc(C(=O)N2CCc3ccccc32)c1)N1CCCC1. The summed E-state index contributed by atoms with van der Waals surface area (Å²) in [4.78, 5) is 33.1. The molecule has 5 nitrogen and oxygen atoms in total. The van der Waals surface area contributed by atoms with E-state index in [1.165, 1.54) is 5.56 Å². The zero-order valence-corrected chi connectivity index (χ0v) is 13.4. The van der Waals surface area contributed by atoms with Gasteiger partial charge in [-0.2, -0.15) is 0 Å². The minimum Gasteiger partial charge on any atom is -0.339 e. The first-order valence-corrected chi connectivity index (χ1v) is 8.38. The molecule has 2 aromatic rings. The van der Waals surface area contributed by atoms with Gasteiger partial charge in [-0.3, -0.25) is 14.6 Å². The molecule has 3 heterocycles. The van der Waals surface area contributed by atoms with Crippen molar-refractivity contribution in [2.75, 3.05) is 24.5 Å². The molecule has 1 aromatic heterocycles. The predicted octanol–water partition coefficient (Wildman–Crippen LogP) is 2.52. The van der Waals surface area contributed by atoms with E-state index < -0.39 is 0 Å². The lowest BCUT2D eigenvalue weighted by molar-refractivity contribution is 0.0792. The highest BCUT2D eigenvalue weighted by atomic mass is 16.2. The third kappa shape index (κ3) is 2.56. The van der Waals surface area contributed by atoms with Gasteiger partial charge in [0.1, 0.15) is 0 Å². The molecule has 1 saturated heterocycles. The number of hydrogen-bond donors (Lipinski definition) is 0. The monoisotopic (exact) mass is 321 g/mol. The Bertz CT molecular complexity index is 797. The number of fused-ring (bicyclic) bond motifs is 1. The van der Waals surface area contributed by atoms with Crippen LogP contribution in [0.3, 0.4) is 0 Å². The smallest absolute Gasteiger partial charge is 0.259 e. The van der Waals surface area contributed by atoms with Crippen molar-refractivity contribution in [2.45, 2.75) is 19.3 Å². The van der Waals surface area contributed by atoms with Gasteiger partial charge in [-0.1, -0.05) is 18.2 Å². The molecule has 2 amide bonds. The molecule has 2 aliphatic heterocycles. The van der Waals surface area contributed by atoms with Gasteiger partial charge in [-0.15, -0.1) is 0 Å². The van der Waals surface area contributed by atoms with Crippen molar-refractivity contribution in [1.29, 1.82) is 0 Å². The second kappa shape index (κ2) is 6.07. The molecule has 0 saturated carbocycles. The molecule has 0 spiro atoms. The van der Waals surface area contributed by atoms with Gasteiger partial charge < -0.3 is 9.80 Å². The average molecular weight is 321 g/mol. The lowest BCUT2D eigenvalue weighted by Gasteiger charge is -2.18. The second-order valence-corrected chi connectivity index (χ2v) is 6.30. The summed E-state index contributed by atoms with van der Waals surface area (Å²) in [6, 6.07) is 9.62. The Morgan fingerprint density at radius 1 is 0.917 bits per heavy atom. The molecule has 0 unspecified atom stereocenters. The van der Waals surface area contributed by atoms with Crippen LogP contribution in [-0.4, -0.2) is 41.3 Å². The van der Waals surface area contributed by atoms with Gasteiger partial charge >= 0.3 is 0 Å². The molecule has 1 fully saturated rings. The Morgan fingerprint density at radius 3 is 2.42 bits per heavy atom. The van der Waals surface area contributed by atoms with Gasteiger partial charge in [0, 0.05) is 37.7 Å². The number of benzene rings is 1. The summed E-state index contributed by atoms with van der Waals surface area (Å²) in [6.07, 6.45) is 6.05. The van der Waals surface area contributed by atoms with E-state index in [1.807, 2.05) is 29.2 Å². The van der Waals surface area contributed by atoms with Crippen molar-refractivity contribution in [1.82, 2.24) is 9.88 Å². The second-order valence-electron chi connectivity index (χ2n) is 6.30. The number of rotatable bonds is 2. The van der Waals surface area contributed by atoms with Gasteiger partial charge in [0.2, 0.25) is 0 Å². The number of anilines is 1. The molecule has 0 radical (unpaired) electrons. The zero-order chi connectivity index (χ0) is 16.5. The van der Waals surface area contributed by atoms with Crippen LogP contribution in [0.5, 0.6) is 0 Å². The van der Waals surface area contributed by atoms with E-state index >= 15 is 0 Å². The number of hydrogen-bond acceptors (Lipinski definition) is 3. The van der Waals surface area contributed by atoms with Gasteiger partial charge in [-0.05, 0) is 37.0 Å². The van der Waals surface area contributed by atoms with E-state index in [-0.39, 0.29) is 11.8 Å². The summed E-state index contributed by atoms with van der Waals surface area (Å²) in [6.45, 7) is 2.25. The van der Waals surface area contributed by atoms with Gasteiger partial charge in [0.25, 0.3) is 11.8 Å². The van der Waals surface area contributed by atoms with E-state index in [4.69, 9.17) is 0 Å². The Balaban J connectivity index is 1.60. The topological polar surface area (TPSA) is 53.5 Å². The van der Waals surface area contributed by atoms with Crippen LogP contribution < -0.4 is 4.90 Å². The summed E-state index contributed by atoms with van der Waals surface area (Å²) in [5.74, 6) is -0.125. The molecule has 0 bridgehead atoms. The lowest BCUT2D eigenvalue weighted by Crippen LogP contribution is -2.30. The standard InChI is InChI=1S/C19H19N3O2/c23-18(21-8-3-4-9-21)15-11-16(13-20-12-15)19(24)22-10-7-14-5-1-2-6-17(14)22/h1-2,5-6,11-13H,3-4,7-10H2. The lowest BCUT2D eigenvalue weighted by atomic mass is 10.1. The summed E-state index contributed by atoms with van der Waals surface area (Å²) in [5, 5.41) is 0. The highest BCUT2D eigenvalue weighted by molar-refractivity contribution is 6.08. The quantitative estimate of drug-likeness (QED) is 0.854. The fraction of sp³-hybridized carbons (Fsp3) is 0.316. The normalized spacial score (nSPS) is 16.3. The molecule has 0 atom stereocenters. The van der Waals surface area contributed by atoms with Gasteiger partial charge in [0.05, 0.1) is 11.1 Å². The maximum absolute atomic E-state index is 12.9. The number of carbonyl (C=O) groups excluding carboxylic acids is 2. The molecule has 24 heavy (non-hydrogen) atoms. The Kier molecular flexibility index (Phi) is 3.76. The third-order valence-corrected chi connectivity index (χ3v) is 4.76. The van der Waals surface area contributed by atoms with Crippen LogP contribution in [0.2, 0.25) is 0 Å². The van der Waals surface area contributed by atoms with Crippen LogP contribution >= 0.6 is 0 Å². The first-order valence-electron chi connectivity index (χ1n) is 8.38. The minimum atomic E-state index is -0.0940. The van der Waals surface area contributed by atoms with Crippen molar-refractivity contribution < 1.29 is 9.59 Å². The van der Waals surface area contributed by atoms with Crippen molar-refractivity contribution >= 4 is 17.5 Å². The largest absolute Gasteiger partial charge is 0.339 e. The summed E-state index contributed by atoms with van der Waals surface area (Å²) >= 11 is 0. The first-order chi connectivity index (χ1) is 11.7. The van der Waals surface area contributed by atoms with E-state index in [9.17, 15) is 9.59 Å². The average Bonchev–Trinajstić information content (AvgIpc) is 3.30. The number of amides is 2. The Morgan fingerprint density at radius 2 is 1.62 bits per heavy atom. The maximum atomic E-state index is 12.9. The van der Waals surface area contributed by atoms with Crippen LogP contribution in [0.1, 0.15) is 39.1 Å². The predicted molar refractivity (Wildman–Crippen MR) is 91.2 cm³/mol. The molecule has 0 aliphatic carbocycles. The molecule has 0 N–H and O–H groups in total. The highest BCUT2D eigenvalue weighted by Crippen LogP contribution is 2.28. The van der Waals surface area contributed by atoms with Crippen molar-refractivity contribution in [2.24, 2.45) is 0 Å². The van der Waals surface area contributed by atoms with Gasteiger partial charge in [0.15, 0.2) is 0 Å². The van der Waals surface area contributed by atoms with Crippen LogP contribution in [0, 0.1) is 0 Å².